The van der Waals surface area contributed by atoms with Crippen molar-refractivity contribution in [1.82, 2.24) is 0 Å². The smallest absolute Gasteiger partial charge is 0.0228 e. The van der Waals surface area contributed by atoms with Gasteiger partial charge in [-0.05, 0) is 52.2 Å². The molecule has 0 amide bonds. The first-order valence-corrected chi connectivity index (χ1v) is 6.24. The second kappa shape index (κ2) is 7.89. The average molecular weight is 230 g/mol. The van der Waals surface area contributed by atoms with Crippen molar-refractivity contribution in [2.45, 2.75) is 48.0 Å². The van der Waals surface area contributed by atoms with Crippen molar-refractivity contribution < 1.29 is 0 Å². The van der Waals surface area contributed by atoms with Crippen molar-refractivity contribution in [2.75, 3.05) is 0 Å². The lowest BCUT2D eigenvalue weighted by Crippen LogP contribution is -1.84. The van der Waals surface area contributed by atoms with Crippen molar-refractivity contribution in [3.63, 3.8) is 0 Å². The van der Waals surface area contributed by atoms with E-state index in [0.29, 0.717) is 0 Å². The van der Waals surface area contributed by atoms with Crippen LogP contribution in [-0.4, -0.2) is 0 Å². The zero-order chi connectivity index (χ0) is 13.4. The van der Waals surface area contributed by atoms with E-state index in [0.717, 1.165) is 6.42 Å². The molecule has 0 unspecified atom stereocenters. The molecule has 0 bridgehead atoms. The molecule has 1 aromatic rings. The van der Waals surface area contributed by atoms with E-state index < -0.39 is 0 Å². The van der Waals surface area contributed by atoms with Gasteiger partial charge in [0.05, 0.1) is 0 Å². The standard InChI is InChI=1S/C13H18.C4H8/c1-5-11(3)12(4)13-8-6-10(2)7-9-13;1-4(2)3/h6-9H,5H2,1-4H3;1H2,2-3H3/b12-11-;. The zero-order valence-electron chi connectivity index (χ0n) is 12.2. The molecule has 1 rings (SSSR count). The van der Waals surface area contributed by atoms with Crippen molar-refractivity contribution >= 4 is 5.57 Å². The van der Waals surface area contributed by atoms with E-state index in [1.54, 1.807) is 0 Å². The normalized spacial score (nSPS) is 11.2. The van der Waals surface area contributed by atoms with Crippen LogP contribution in [0.4, 0.5) is 0 Å². The molecule has 0 fully saturated rings. The quantitative estimate of drug-likeness (QED) is 0.565. The highest BCUT2D eigenvalue weighted by molar-refractivity contribution is 5.66. The van der Waals surface area contributed by atoms with Crippen LogP contribution in [0.25, 0.3) is 5.57 Å². The fourth-order valence-electron chi connectivity index (χ4n) is 1.32. The molecule has 0 saturated heterocycles. The lowest BCUT2D eigenvalue weighted by Gasteiger charge is -2.06. The van der Waals surface area contributed by atoms with Gasteiger partial charge in [-0.2, -0.15) is 0 Å². The number of benzene rings is 1. The van der Waals surface area contributed by atoms with Crippen LogP contribution in [0.5, 0.6) is 0 Å². The molecule has 0 aliphatic heterocycles. The van der Waals surface area contributed by atoms with E-state index in [4.69, 9.17) is 0 Å². The largest absolute Gasteiger partial charge is 0.100 e. The zero-order valence-corrected chi connectivity index (χ0v) is 12.2. The Morgan fingerprint density at radius 1 is 1.00 bits per heavy atom. The Morgan fingerprint density at radius 2 is 1.41 bits per heavy atom. The molecule has 0 N–H and O–H groups in total. The topological polar surface area (TPSA) is 0 Å². The molecule has 0 atom stereocenters. The van der Waals surface area contributed by atoms with Crippen LogP contribution in [-0.2, 0) is 0 Å². The summed E-state index contributed by atoms with van der Waals surface area (Å²) in [4.78, 5) is 0. The van der Waals surface area contributed by atoms with Gasteiger partial charge in [0.2, 0.25) is 0 Å². The van der Waals surface area contributed by atoms with Gasteiger partial charge in [0.15, 0.2) is 0 Å². The minimum Gasteiger partial charge on any atom is -0.100 e. The maximum absolute atomic E-state index is 3.56. The number of rotatable bonds is 2. The fourth-order valence-corrected chi connectivity index (χ4v) is 1.32. The number of allylic oxidation sites excluding steroid dienone is 3. The predicted octanol–water partition coefficient (Wildman–Crippen LogP) is 5.78. The van der Waals surface area contributed by atoms with Crippen LogP contribution in [0.1, 0.15) is 52.2 Å². The van der Waals surface area contributed by atoms with Crippen LogP contribution < -0.4 is 0 Å². The second-order valence-corrected chi connectivity index (χ2v) is 4.83. The summed E-state index contributed by atoms with van der Waals surface area (Å²) in [6, 6.07) is 8.73. The van der Waals surface area contributed by atoms with Crippen LogP contribution in [0.15, 0.2) is 42.0 Å². The molecule has 0 spiro atoms. The molecular weight excluding hydrogens is 204 g/mol. The van der Waals surface area contributed by atoms with Gasteiger partial charge in [-0.15, -0.1) is 6.58 Å². The summed E-state index contributed by atoms with van der Waals surface area (Å²) in [7, 11) is 0. The highest BCUT2D eigenvalue weighted by Gasteiger charge is 1.97. The van der Waals surface area contributed by atoms with Crippen LogP contribution >= 0.6 is 0 Å². The molecule has 1 aromatic carbocycles. The van der Waals surface area contributed by atoms with Gasteiger partial charge in [-0.25, -0.2) is 0 Å². The van der Waals surface area contributed by atoms with Gasteiger partial charge in [0.25, 0.3) is 0 Å². The molecule has 0 aromatic heterocycles. The van der Waals surface area contributed by atoms with Gasteiger partial charge >= 0.3 is 0 Å². The Bertz CT molecular complexity index is 373. The third kappa shape index (κ3) is 6.78. The third-order valence-electron chi connectivity index (χ3n) is 2.66. The summed E-state index contributed by atoms with van der Waals surface area (Å²) in [5, 5.41) is 0. The summed E-state index contributed by atoms with van der Waals surface area (Å²) in [6.45, 7) is 16.2. The van der Waals surface area contributed by atoms with Crippen molar-refractivity contribution in [3.05, 3.63) is 53.1 Å². The average Bonchev–Trinajstić information content (AvgIpc) is 2.27. The minimum absolute atomic E-state index is 1.14. The molecule has 0 radical (unpaired) electrons. The summed E-state index contributed by atoms with van der Waals surface area (Å²) in [5.41, 5.74) is 6.74. The molecule has 0 saturated carbocycles. The first-order chi connectivity index (χ1) is 7.88. The summed E-state index contributed by atoms with van der Waals surface area (Å²) < 4.78 is 0. The van der Waals surface area contributed by atoms with Crippen molar-refractivity contribution in [2.24, 2.45) is 0 Å². The van der Waals surface area contributed by atoms with Crippen LogP contribution in [0.2, 0.25) is 0 Å². The highest BCUT2D eigenvalue weighted by Crippen LogP contribution is 2.19. The Kier molecular flexibility index (Phi) is 7.29. The van der Waals surface area contributed by atoms with Crippen molar-refractivity contribution in [1.29, 1.82) is 0 Å². The predicted molar refractivity (Wildman–Crippen MR) is 80.2 cm³/mol. The van der Waals surface area contributed by atoms with Crippen molar-refractivity contribution in [3.8, 4) is 0 Å². The number of hydrogen-bond donors (Lipinski definition) is 0. The molecule has 0 aliphatic carbocycles. The van der Waals surface area contributed by atoms with E-state index in [-0.39, 0.29) is 0 Å². The van der Waals surface area contributed by atoms with E-state index in [1.165, 1.54) is 27.8 Å². The highest BCUT2D eigenvalue weighted by atomic mass is 14.0. The lowest BCUT2D eigenvalue weighted by atomic mass is 10.0. The molecule has 0 aliphatic rings. The molecule has 17 heavy (non-hydrogen) atoms. The number of aryl methyl sites for hydroxylation is 1. The molecule has 0 heterocycles. The maximum atomic E-state index is 3.56. The molecule has 0 nitrogen and oxygen atoms in total. The number of hydrogen-bond acceptors (Lipinski definition) is 0. The van der Waals surface area contributed by atoms with E-state index in [9.17, 15) is 0 Å². The van der Waals surface area contributed by atoms with Gasteiger partial charge in [0.1, 0.15) is 0 Å². The van der Waals surface area contributed by atoms with E-state index >= 15 is 0 Å². The Balaban J connectivity index is 0.000000557. The minimum atomic E-state index is 1.14. The fraction of sp³-hybridized carbons (Fsp3) is 0.412. The SMILES string of the molecule is C=C(C)C.CC/C(C)=C(/C)c1ccc(C)cc1. The molecule has 94 valence electrons. The lowest BCUT2D eigenvalue weighted by molar-refractivity contribution is 1.10. The van der Waals surface area contributed by atoms with Gasteiger partial charge in [0, 0.05) is 0 Å². The van der Waals surface area contributed by atoms with E-state index in [1.807, 2.05) is 13.8 Å². The Morgan fingerprint density at radius 3 is 1.76 bits per heavy atom. The first kappa shape index (κ1) is 15.7. The third-order valence-corrected chi connectivity index (χ3v) is 2.66. The first-order valence-electron chi connectivity index (χ1n) is 6.24. The second-order valence-electron chi connectivity index (χ2n) is 4.83. The molecular formula is C17H26. The summed E-state index contributed by atoms with van der Waals surface area (Å²) in [6.07, 6.45) is 1.14. The van der Waals surface area contributed by atoms with Gasteiger partial charge < -0.3 is 0 Å². The van der Waals surface area contributed by atoms with Gasteiger partial charge in [-0.1, -0.05) is 47.9 Å². The van der Waals surface area contributed by atoms with Crippen LogP contribution in [0, 0.1) is 6.92 Å². The van der Waals surface area contributed by atoms with Crippen LogP contribution in [0.3, 0.4) is 0 Å². The monoisotopic (exact) mass is 230 g/mol. The van der Waals surface area contributed by atoms with Gasteiger partial charge in [-0.3, -0.25) is 0 Å². The summed E-state index contributed by atoms with van der Waals surface area (Å²) >= 11 is 0. The molecule has 0 heteroatoms. The Hall–Kier alpha value is -1.30. The Labute approximate surface area is 107 Å². The summed E-state index contributed by atoms with van der Waals surface area (Å²) in [5.74, 6) is 0. The maximum Gasteiger partial charge on any atom is -0.0228 e. The van der Waals surface area contributed by atoms with E-state index in [2.05, 4.69) is 58.5 Å².